The van der Waals surface area contributed by atoms with Gasteiger partial charge in [0, 0.05) is 18.0 Å². The predicted octanol–water partition coefficient (Wildman–Crippen LogP) is 1.77. The van der Waals surface area contributed by atoms with Crippen LogP contribution in [-0.2, 0) is 0 Å². The minimum absolute atomic E-state index is 0.149. The fourth-order valence-corrected chi connectivity index (χ4v) is 2.08. The predicted molar refractivity (Wildman–Crippen MR) is 77.4 cm³/mol. The van der Waals surface area contributed by atoms with E-state index in [0.717, 1.165) is 10.9 Å². The number of H-pyrrole nitrogens is 1. The van der Waals surface area contributed by atoms with Gasteiger partial charge in [0.1, 0.15) is 11.5 Å². The normalized spacial score (nSPS) is 10.7. The van der Waals surface area contributed by atoms with E-state index in [1.165, 1.54) is 6.20 Å². The van der Waals surface area contributed by atoms with Crippen LogP contribution in [0.3, 0.4) is 0 Å². The molecule has 0 fully saturated rings. The van der Waals surface area contributed by atoms with Crippen LogP contribution < -0.4 is 11.1 Å². The maximum Gasteiger partial charge on any atom is 0.269 e. The lowest BCUT2D eigenvalue weighted by Crippen LogP contribution is -2.16. The van der Waals surface area contributed by atoms with Crippen molar-refractivity contribution in [2.45, 2.75) is 0 Å². The maximum atomic E-state index is 11.5. The van der Waals surface area contributed by atoms with E-state index in [1.54, 1.807) is 7.05 Å². The van der Waals surface area contributed by atoms with Crippen molar-refractivity contribution in [3.63, 3.8) is 0 Å². The highest BCUT2D eigenvalue weighted by Gasteiger charge is 2.16. The quantitative estimate of drug-likeness (QED) is 0.673. The van der Waals surface area contributed by atoms with Gasteiger partial charge in [-0.05, 0) is 12.1 Å². The van der Waals surface area contributed by atoms with Gasteiger partial charge in [0.2, 0.25) is 0 Å². The number of hydrogen-bond acceptors (Lipinski definition) is 4. The van der Waals surface area contributed by atoms with Crippen molar-refractivity contribution in [1.82, 2.24) is 15.0 Å². The van der Waals surface area contributed by atoms with Crippen molar-refractivity contribution in [2.75, 3.05) is 12.4 Å². The number of benzene rings is 1. The van der Waals surface area contributed by atoms with Crippen LogP contribution in [-0.4, -0.2) is 27.9 Å². The van der Waals surface area contributed by atoms with Gasteiger partial charge in [-0.1, -0.05) is 18.2 Å². The molecule has 0 atom stereocenters. The number of nitrogens with one attached hydrogen (secondary N) is 2. The molecule has 4 N–H and O–H groups in total. The number of fused-ring (bicyclic) bond motifs is 1. The largest absolute Gasteiger partial charge is 0.372 e. The van der Waals surface area contributed by atoms with Crippen LogP contribution in [0.1, 0.15) is 10.5 Å². The highest BCUT2D eigenvalue weighted by Crippen LogP contribution is 2.25. The summed E-state index contributed by atoms with van der Waals surface area (Å²) in [6.07, 6.45) is 1.48. The van der Waals surface area contributed by atoms with Crippen LogP contribution in [0.2, 0.25) is 0 Å². The van der Waals surface area contributed by atoms with Crippen molar-refractivity contribution >= 4 is 22.6 Å². The molecule has 0 bridgehead atoms. The Kier molecular flexibility index (Phi) is 2.83. The standard InChI is InChI=1S/C14H13N5O/c1-16-11-7-17-13(14(15)20)12(19-11)10-6-8-4-2-3-5-9(8)18-10/h2-7,18H,1H3,(H2,15,20)(H,16,19). The molecule has 1 aromatic carbocycles. The molecule has 0 saturated carbocycles. The first kappa shape index (κ1) is 12.2. The van der Waals surface area contributed by atoms with E-state index in [4.69, 9.17) is 5.73 Å². The summed E-state index contributed by atoms with van der Waals surface area (Å²) in [6, 6.07) is 9.75. The Hall–Kier alpha value is -2.89. The molecule has 0 radical (unpaired) electrons. The van der Waals surface area contributed by atoms with Gasteiger partial charge in [-0.25, -0.2) is 9.97 Å². The summed E-state index contributed by atoms with van der Waals surface area (Å²) >= 11 is 0. The highest BCUT2D eigenvalue weighted by molar-refractivity contribution is 5.98. The fourth-order valence-electron chi connectivity index (χ4n) is 2.08. The molecule has 0 aliphatic carbocycles. The summed E-state index contributed by atoms with van der Waals surface area (Å²) in [6.45, 7) is 0. The SMILES string of the molecule is CNc1cnc(C(N)=O)c(-c2cc3ccccc3[nH]2)n1. The number of aromatic nitrogens is 3. The average molecular weight is 267 g/mol. The van der Waals surface area contributed by atoms with Gasteiger partial charge in [0.25, 0.3) is 5.91 Å². The molecule has 20 heavy (non-hydrogen) atoms. The number of rotatable bonds is 3. The zero-order chi connectivity index (χ0) is 14.1. The molecule has 1 amide bonds. The Morgan fingerprint density at radius 1 is 1.35 bits per heavy atom. The number of nitrogens with zero attached hydrogens (tertiary/aromatic N) is 2. The lowest BCUT2D eigenvalue weighted by atomic mass is 10.2. The van der Waals surface area contributed by atoms with E-state index in [9.17, 15) is 4.79 Å². The fraction of sp³-hybridized carbons (Fsp3) is 0.0714. The highest BCUT2D eigenvalue weighted by atomic mass is 16.1. The van der Waals surface area contributed by atoms with Crippen LogP contribution in [0.5, 0.6) is 0 Å². The van der Waals surface area contributed by atoms with Gasteiger partial charge in [-0.3, -0.25) is 4.79 Å². The molecule has 3 aromatic rings. The summed E-state index contributed by atoms with van der Waals surface area (Å²) in [7, 11) is 1.74. The van der Waals surface area contributed by atoms with Crippen LogP contribution in [0.4, 0.5) is 5.82 Å². The molecular weight excluding hydrogens is 254 g/mol. The third kappa shape index (κ3) is 1.97. The number of carbonyl (C=O) groups is 1. The average Bonchev–Trinajstić information content (AvgIpc) is 2.90. The van der Waals surface area contributed by atoms with Gasteiger partial charge in [-0.2, -0.15) is 0 Å². The van der Waals surface area contributed by atoms with Gasteiger partial charge in [0.15, 0.2) is 5.69 Å². The van der Waals surface area contributed by atoms with Crippen molar-refractivity contribution in [3.05, 3.63) is 42.2 Å². The second kappa shape index (κ2) is 4.65. The van der Waals surface area contributed by atoms with Gasteiger partial charge < -0.3 is 16.0 Å². The number of carbonyl (C=O) groups excluding carboxylic acids is 1. The Balaban J connectivity index is 2.23. The molecule has 6 nitrogen and oxygen atoms in total. The second-order valence-electron chi connectivity index (χ2n) is 4.34. The summed E-state index contributed by atoms with van der Waals surface area (Å²) in [5, 5.41) is 3.93. The molecule has 0 aliphatic rings. The Morgan fingerprint density at radius 2 is 2.15 bits per heavy atom. The summed E-state index contributed by atoms with van der Waals surface area (Å²) < 4.78 is 0. The monoisotopic (exact) mass is 267 g/mol. The summed E-state index contributed by atoms with van der Waals surface area (Å²) in [4.78, 5) is 23.2. The number of amides is 1. The Labute approximate surface area is 115 Å². The van der Waals surface area contributed by atoms with Crippen molar-refractivity contribution in [3.8, 4) is 11.4 Å². The van der Waals surface area contributed by atoms with E-state index in [1.807, 2.05) is 30.3 Å². The Morgan fingerprint density at radius 3 is 2.85 bits per heavy atom. The lowest BCUT2D eigenvalue weighted by molar-refractivity contribution is 0.0996. The van der Waals surface area contributed by atoms with Crippen LogP contribution in [0, 0.1) is 0 Å². The van der Waals surface area contributed by atoms with E-state index in [-0.39, 0.29) is 5.69 Å². The second-order valence-corrected chi connectivity index (χ2v) is 4.34. The molecule has 6 heteroatoms. The lowest BCUT2D eigenvalue weighted by Gasteiger charge is -2.05. The maximum absolute atomic E-state index is 11.5. The molecule has 3 rings (SSSR count). The van der Waals surface area contributed by atoms with E-state index >= 15 is 0 Å². The molecule has 2 heterocycles. The first-order valence-electron chi connectivity index (χ1n) is 6.12. The van der Waals surface area contributed by atoms with Crippen LogP contribution in [0.25, 0.3) is 22.3 Å². The van der Waals surface area contributed by atoms with Crippen LogP contribution >= 0.6 is 0 Å². The number of hydrogen-bond donors (Lipinski definition) is 3. The van der Waals surface area contributed by atoms with Gasteiger partial charge in [0.05, 0.1) is 11.9 Å². The smallest absolute Gasteiger partial charge is 0.269 e. The third-order valence-corrected chi connectivity index (χ3v) is 3.05. The summed E-state index contributed by atoms with van der Waals surface area (Å²) in [5.74, 6) is -0.0301. The number of aromatic amines is 1. The molecule has 0 saturated heterocycles. The van der Waals surface area contributed by atoms with Crippen molar-refractivity contribution in [1.29, 1.82) is 0 Å². The van der Waals surface area contributed by atoms with Crippen molar-refractivity contribution < 1.29 is 4.79 Å². The number of para-hydroxylation sites is 1. The molecule has 0 aliphatic heterocycles. The van der Waals surface area contributed by atoms with Gasteiger partial charge in [-0.15, -0.1) is 0 Å². The first-order chi connectivity index (χ1) is 9.69. The zero-order valence-corrected chi connectivity index (χ0v) is 10.8. The molecule has 2 aromatic heterocycles. The van der Waals surface area contributed by atoms with E-state index in [2.05, 4.69) is 20.3 Å². The molecule has 0 spiro atoms. The molecule has 0 unspecified atom stereocenters. The number of primary amides is 1. The minimum atomic E-state index is -0.603. The number of anilines is 1. The van der Waals surface area contributed by atoms with Crippen LogP contribution in [0.15, 0.2) is 36.5 Å². The number of nitrogens with two attached hydrogens (primary N) is 1. The summed E-state index contributed by atoms with van der Waals surface area (Å²) in [5.41, 5.74) is 7.64. The zero-order valence-electron chi connectivity index (χ0n) is 10.8. The van der Waals surface area contributed by atoms with E-state index in [0.29, 0.717) is 17.2 Å². The topological polar surface area (TPSA) is 96.7 Å². The van der Waals surface area contributed by atoms with Gasteiger partial charge >= 0.3 is 0 Å². The van der Waals surface area contributed by atoms with Crippen molar-refractivity contribution in [2.24, 2.45) is 5.73 Å². The molecular formula is C14H13N5O. The molecule has 100 valence electrons. The minimum Gasteiger partial charge on any atom is -0.372 e. The Bertz CT molecular complexity index is 760. The first-order valence-corrected chi connectivity index (χ1v) is 6.12. The van der Waals surface area contributed by atoms with E-state index < -0.39 is 5.91 Å². The third-order valence-electron chi connectivity index (χ3n) is 3.05.